The van der Waals surface area contributed by atoms with Gasteiger partial charge in [0, 0.05) is 37.4 Å². The van der Waals surface area contributed by atoms with Crippen molar-refractivity contribution >= 4 is 17.3 Å². The van der Waals surface area contributed by atoms with Gasteiger partial charge in [0.15, 0.2) is 0 Å². The zero-order valence-electron chi connectivity index (χ0n) is 12.0. The predicted octanol–water partition coefficient (Wildman–Crippen LogP) is 1.09. The maximum atomic E-state index is 11.8. The molecule has 19 heavy (non-hydrogen) atoms. The molecule has 1 amide bonds. The third kappa shape index (κ3) is 6.79. The number of likely N-dealkylation sites (N-methyl/N-ethyl adjacent to an activating group) is 2. The van der Waals surface area contributed by atoms with E-state index < -0.39 is 0 Å². The zero-order chi connectivity index (χ0) is 14.3. The number of nitrogens with zero attached hydrogens (tertiary/aromatic N) is 2. The quantitative estimate of drug-likeness (QED) is 0.724. The lowest BCUT2D eigenvalue weighted by Crippen LogP contribution is -2.31. The normalized spacial score (nSPS) is 11.0. The van der Waals surface area contributed by atoms with Crippen LogP contribution >= 0.6 is 0 Å². The minimum Gasteiger partial charge on any atom is -0.399 e. The Labute approximate surface area is 115 Å². The molecule has 0 bridgehead atoms. The largest absolute Gasteiger partial charge is 0.399 e. The van der Waals surface area contributed by atoms with E-state index in [0.29, 0.717) is 12.1 Å². The van der Waals surface area contributed by atoms with Crippen LogP contribution in [0.1, 0.15) is 6.42 Å². The minimum atomic E-state index is 0.0160. The van der Waals surface area contributed by atoms with Gasteiger partial charge >= 0.3 is 0 Å². The predicted molar refractivity (Wildman–Crippen MR) is 80.2 cm³/mol. The van der Waals surface area contributed by atoms with E-state index in [4.69, 9.17) is 5.73 Å². The van der Waals surface area contributed by atoms with Gasteiger partial charge in [-0.2, -0.15) is 0 Å². The lowest BCUT2D eigenvalue weighted by atomic mass is 10.2. The van der Waals surface area contributed by atoms with Crippen molar-refractivity contribution in [2.45, 2.75) is 6.42 Å². The Morgan fingerprint density at radius 1 is 1.21 bits per heavy atom. The van der Waals surface area contributed by atoms with Crippen LogP contribution in [0.2, 0.25) is 0 Å². The number of nitrogens with one attached hydrogen (secondary N) is 1. The molecule has 5 heteroatoms. The van der Waals surface area contributed by atoms with Gasteiger partial charge in [-0.1, -0.05) is 6.07 Å². The van der Waals surface area contributed by atoms with Crippen molar-refractivity contribution in [3.63, 3.8) is 0 Å². The molecule has 1 rings (SSSR count). The van der Waals surface area contributed by atoms with Crippen LogP contribution in [0.15, 0.2) is 24.3 Å². The SMILES string of the molecule is CN(C)CCN(C)CCC(=O)Nc1cccc(N)c1. The molecule has 5 nitrogen and oxygen atoms in total. The summed E-state index contributed by atoms with van der Waals surface area (Å²) in [5, 5.41) is 2.85. The summed E-state index contributed by atoms with van der Waals surface area (Å²) in [6.07, 6.45) is 0.485. The second-order valence-electron chi connectivity index (χ2n) is 5.03. The summed E-state index contributed by atoms with van der Waals surface area (Å²) in [7, 11) is 6.11. The summed E-state index contributed by atoms with van der Waals surface area (Å²) in [5.74, 6) is 0.0160. The van der Waals surface area contributed by atoms with Crippen LogP contribution in [0.3, 0.4) is 0 Å². The molecule has 0 fully saturated rings. The van der Waals surface area contributed by atoms with Gasteiger partial charge in [-0.25, -0.2) is 0 Å². The average molecular weight is 264 g/mol. The van der Waals surface area contributed by atoms with Gasteiger partial charge in [0.1, 0.15) is 0 Å². The summed E-state index contributed by atoms with van der Waals surface area (Å²) in [6.45, 7) is 2.70. The minimum absolute atomic E-state index is 0.0160. The van der Waals surface area contributed by atoms with Crippen molar-refractivity contribution in [2.24, 2.45) is 0 Å². The van der Waals surface area contributed by atoms with Gasteiger partial charge in [0.2, 0.25) is 5.91 Å². The third-order valence-electron chi connectivity index (χ3n) is 2.82. The number of anilines is 2. The third-order valence-corrected chi connectivity index (χ3v) is 2.82. The number of amides is 1. The maximum Gasteiger partial charge on any atom is 0.225 e. The van der Waals surface area contributed by atoms with E-state index in [1.807, 2.05) is 33.3 Å². The van der Waals surface area contributed by atoms with E-state index in [0.717, 1.165) is 25.3 Å². The number of rotatable bonds is 7. The molecule has 3 N–H and O–H groups in total. The van der Waals surface area contributed by atoms with Crippen LogP contribution < -0.4 is 11.1 Å². The van der Waals surface area contributed by atoms with Crippen molar-refractivity contribution in [3.05, 3.63) is 24.3 Å². The molecule has 0 aliphatic rings. The fourth-order valence-corrected chi connectivity index (χ4v) is 1.61. The number of carbonyl (C=O) groups is 1. The fraction of sp³-hybridized carbons (Fsp3) is 0.500. The van der Waals surface area contributed by atoms with Gasteiger partial charge in [-0.3, -0.25) is 4.79 Å². The second kappa shape index (κ2) is 7.76. The summed E-state index contributed by atoms with van der Waals surface area (Å²) in [5.41, 5.74) is 7.06. The second-order valence-corrected chi connectivity index (χ2v) is 5.03. The molecule has 0 radical (unpaired) electrons. The lowest BCUT2D eigenvalue weighted by Gasteiger charge is -2.18. The highest BCUT2D eigenvalue weighted by molar-refractivity contribution is 5.91. The number of nitrogens with two attached hydrogens (primary N) is 1. The number of hydrogen-bond acceptors (Lipinski definition) is 4. The Bertz CT molecular complexity index is 406. The van der Waals surface area contributed by atoms with E-state index >= 15 is 0 Å². The molecule has 0 heterocycles. The fourth-order valence-electron chi connectivity index (χ4n) is 1.61. The molecule has 1 aromatic carbocycles. The molecule has 0 aliphatic heterocycles. The van der Waals surface area contributed by atoms with Crippen molar-refractivity contribution in [3.8, 4) is 0 Å². The smallest absolute Gasteiger partial charge is 0.225 e. The monoisotopic (exact) mass is 264 g/mol. The number of benzene rings is 1. The molecular formula is C14H24N4O. The molecule has 0 saturated carbocycles. The first-order chi connectivity index (χ1) is 8.97. The Morgan fingerprint density at radius 3 is 2.58 bits per heavy atom. The molecule has 0 saturated heterocycles. The van der Waals surface area contributed by atoms with Crippen LogP contribution in [-0.2, 0) is 4.79 Å². The highest BCUT2D eigenvalue weighted by Gasteiger charge is 2.05. The molecule has 0 aromatic heterocycles. The van der Waals surface area contributed by atoms with Crippen molar-refractivity contribution in [1.29, 1.82) is 0 Å². The van der Waals surface area contributed by atoms with E-state index in [2.05, 4.69) is 15.1 Å². The average Bonchev–Trinajstić information content (AvgIpc) is 2.34. The number of hydrogen-bond donors (Lipinski definition) is 2. The lowest BCUT2D eigenvalue weighted by molar-refractivity contribution is -0.116. The van der Waals surface area contributed by atoms with Crippen molar-refractivity contribution in [2.75, 3.05) is 51.8 Å². The van der Waals surface area contributed by atoms with Crippen LogP contribution in [0.25, 0.3) is 0 Å². The highest BCUT2D eigenvalue weighted by atomic mass is 16.1. The first-order valence-corrected chi connectivity index (χ1v) is 6.46. The molecule has 0 aliphatic carbocycles. The van der Waals surface area contributed by atoms with Crippen molar-refractivity contribution in [1.82, 2.24) is 9.80 Å². The Kier molecular flexibility index (Phi) is 6.32. The molecule has 0 unspecified atom stereocenters. The number of nitrogen functional groups attached to an aromatic ring is 1. The van der Waals surface area contributed by atoms with Crippen LogP contribution in [0, 0.1) is 0 Å². The highest BCUT2D eigenvalue weighted by Crippen LogP contribution is 2.11. The molecular weight excluding hydrogens is 240 g/mol. The van der Waals surface area contributed by atoms with Crippen LogP contribution in [-0.4, -0.2) is 56.5 Å². The van der Waals surface area contributed by atoms with E-state index in [1.165, 1.54) is 0 Å². The van der Waals surface area contributed by atoms with E-state index in [1.54, 1.807) is 12.1 Å². The van der Waals surface area contributed by atoms with Gasteiger partial charge in [-0.05, 0) is 39.3 Å². The van der Waals surface area contributed by atoms with Gasteiger partial charge in [-0.15, -0.1) is 0 Å². The summed E-state index contributed by atoms with van der Waals surface area (Å²) in [4.78, 5) is 16.1. The first kappa shape index (κ1) is 15.5. The van der Waals surface area contributed by atoms with Crippen LogP contribution in [0.4, 0.5) is 11.4 Å². The maximum absolute atomic E-state index is 11.8. The van der Waals surface area contributed by atoms with Gasteiger partial charge < -0.3 is 20.9 Å². The number of carbonyl (C=O) groups excluding carboxylic acids is 1. The first-order valence-electron chi connectivity index (χ1n) is 6.46. The Morgan fingerprint density at radius 2 is 1.95 bits per heavy atom. The zero-order valence-corrected chi connectivity index (χ0v) is 12.0. The molecule has 106 valence electrons. The topological polar surface area (TPSA) is 61.6 Å². The van der Waals surface area contributed by atoms with Crippen molar-refractivity contribution < 1.29 is 4.79 Å². The summed E-state index contributed by atoms with van der Waals surface area (Å²) < 4.78 is 0. The van der Waals surface area contributed by atoms with Gasteiger partial charge in [0.25, 0.3) is 0 Å². The van der Waals surface area contributed by atoms with E-state index in [-0.39, 0.29) is 5.91 Å². The summed E-state index contributed by atoms with van der Waals surface area (Å²) >= 11 is 0. The molecule has 1 aromatic rings. The standard InChI is InChI=1S/C14H24N4O/c1-17(2)9-10-18(3)8-7-14(19)16-13-6-4-5-12(15)11-13/h4-6,11H,7-10,15H2,1-3H3,(H,16,19). The van der Waals surface area contributed by atoms with Gasteiger partial charge in [0.05, 0.1) is 0 Å². The Hall–Kier alpha value is -1.59. The Balaban J connectivity index is 2.28. The van der Waals surface area contributed by atoms with Crippen LogP contribution in [0.5, 0.6) is 0 Å². The molecule has 0 spiro atoms. The van der Waals surface area contributed by atoms with E-state index in [9.17, 15) is 4.79 Å². The summed E-state index contributed by atoms with van der Waals surface area (Å²) in [6, 6.07) is 7.22. The molecule has 0 atom stereocenters.